The van der Waals surface area contributed by atoms with Crippen LogP contribution in [0.5, 0.6) is 0 Å². The summed E-state index contributed by atoms with van der Waals surface area (Å²) in [6.07, 6.45) is 1.17. The van der Waals surface area contributed by atoms with Gasteiger partial charge in [0, 0.05) is 24.3 Å². The van der Waals surface area contributed by atoms with Crippen molar-refractivity contribution < 1.29 is 9.59 Å². The van der Waals surface area contributed by atoms with Crippen LogP contribution in [0.4, 0.5) is 0 Å². The van der Waals surface area contributed by atoms with E-state index in [1.807, 2.05) is 20.8 Å². The van der Waals surface area contributed by atoms with Gasteiger partial charge in [-0.25, -0.2) is 0 Å². The minimum atomic E-state index is -0.331. The van der Waals surface area contributed by atoms with Crippen molar-refractivity contribution in [1.82, 2.24) is 5.32 Å². The molecule has 1 heterocycles. The molecule has 1 saturated heterocycles. The maximum Gasteiger partial charge on any atom is 0.220 e. The van der Waals surface area contributed by atoms with E-state index in [4.69, 9.17) is 0 Å². The molecule has 1 atom stereocenters. The second kappa shape index (κ2) is 3.48. The maximum atomic E-state index is 11.8. The van der Waals surface area contributed by atoms with Crippen LogP contribution < -0.4 is 5.32 Å². The van der Waals surface area contributed by atoms with E-state index in [1.54, 1.807) is 0 Å². The predicted molar refractivity (Wildman–Crippen MR) is 50.2 cm³/mol. The van der Waals surface area contributed by atoms with Gasteiger partial charge in [0.2, 0.25) is 5.91 Å². The van der Waals surface area contributed by atoms with Crippen LogP contribution in [0, 0.1) is 11.3 Å². The van der Waals surface area contributed by atoms with Crippen LogP contribution in [0.2, 0.25) is 0 Å². The first-order valence-electron chi connectivity index (χ1n) is 4.77. The first-order chi connectivity index (χ1) is 5.96. The third-order valence-corrected chi connectivity index (χ3v) is 2.70. The van der Waals surface area contributed by atoms with Crippen molar-refractivity contribution in [3.63, 3.8) is 0 Å². The van der Waals surface area contributed by atoms with Crippen LogP contribution in [0.25, 0.3) is 0 Å². The molecule has 3 nitrogen and oxygen atoms in total. The Morgan fingerprint density at radius 2 is 2.15 bits per heavy atom. The Hall–Kier alpha value is -0.860. The summed E-state index contributed by atoms with van der Waals surface area (Å²) in [5, 5.41) is 2.75. The molecule has 1 N–H and O–H groups in total. The average Bonchev–Trinajstić information content (AvgIpc) is 2.09. The van der Waals surface area contributed by atoms with E-state index in [2.05, 4.69) is 5.32 Å². The van der Waals surface area contributed by atoms with E-state index < -0.39 is 0 Å². The van der Waals surface area contributed by atoms with Gasteiger partial charge >= 0.3 is 0 Å². The third kappa shape index (κ3) is 2.08. The van der Waals surface area contributed by atoms with E-state index in [-0.39, 0.29) is 23.0 Å². The zero-order valence-electron chi connectivity index (χ0n) is 8.52. The van der Waals surface area contributed by atoms with Crippen LogP contribution >= 0.6 is 0 Å². The quantitative estimate of drug-likeness (QED) is 0.697. The summed E-state index contributed by atoms with van der Waals surface area (Å²) in [7, 11) is 0. The van der Waals surface area contributed by atoms with Gasteiger partial charge in [0.05, 0.1) is 0 Å². The molecule has 1 amide bonds. The molecule has 0 bridgehead atoms. The molecule has 0 aromatic carbocycles. The van der Waals surface area contributed by atoms with Crippen molar-refractivity contribution in [2.24, 2.45) is 11.3 Å². The lowest BCUT2D eigenvalue weighted by Crippen LogP contribution is -2.47. The molecule has 74 valence electrons. The molecule has 0 saturated carbocycles. The molecule has 0 spiro atoms. The molecule has 1 aliphatic heterocycles. The molecule has 13 heavy (non-hydrogen) atoms. The molecule has 0 radical (unpaired) electrons. The third-order valence-electron chi connectivity index (χ3n) is 2.70. The second-order valence-electron chi connectivity index (χ2n) is 4.36. The summed E-state index contributed by atoms with van der Waals surface area (Å²) < 4.78 is 0. The molecule has 1 unspecified atom stereocenters. The molecule has 3 heteroatoms. The Bertz CT molecular complexity index is 223. The van der Waals surface area contributed by atoms with E-state index in [0.29, 0.717) is 19.4 Å². The monoisotopic (exact) mass is 183 g/mol. The highest BCUT2D eigenvalue weighted by Gasteiger charge is 2.37. The van der Waals surface area contributed by atoms with Gasteiger partial charge in [0.1, 0.15) is 5.78 Å². The number of nitrogens with one attached hydrogen (secondary N) is 1. The van der Waals surface area contributed by atoms with Crippen molar-refractivity contribution in [3.05, 3.63) is 0 Å². The predicted octanol–water partition coefficient (Wildman–Crippen LogP) is 1.13. The van der Waals surface area contributed by atoms with Crippen LogP contribution in [0.1, 0.15) is 33.6 Å². The summed E-state index contributed by atoms with van der Waals surface area (Å²) in [4.78, 5) is 22.7. The summed E-state index contributed by atoms with van der Waals surface area (Å²) in [6.45, 7) is 6.26. The Morgan fingerprint density at radius 1 is 1.54 bits per heavy atom. The lowest BCUT2D eigenvalue weighted by atomic mass is 9.75. The van der Waals surface area contributed by atoms with Crippen LogP contribution in [0.15, 0.2) is 0 Å². The highest BCUT2D eigenvalue weighted by atomic mass is 16.2. The fraction of sp³-hybridized carbons (Fsp3) is 0.800. The van der Waals surface area contributed by atoms with Crippen LogP contribution in [-0.2, 0) is 9.59 Å². The van der Waals surface area contributed by atoms with Gasteiger partial charge in [-0.05, 0) is 6.42 Å². The molecule has 1 fully saturated rings. The number of ketones is 1. The van der Waals surface area contributed by atoms with Crippen molar-refractivity contribution >= 4 is 11.7 Å². The minimum absolute atomic E-state index is 0.0556. The Morgan fingerprint density at radius 3 is 2.54 bits per heavy atom. The fourth-order valence-electron chi connectivity index (χ4n) is 1.77. The van der Waals surface area contributed by atoms with Gasteiger partial charge in [0.15, 0.2) is 0 Å². The van der Waals surface area contributed by atoms with Crippen molar-refractivity contribution in [2.45, 2.75) is 33.6 Å². The maximum absolute atomic E-state index is 11.8. The number of amides is 1. The Balaban J connectivity index is 2.67. The lowest BCUT2D eigenvalue weighted by molar-refractivity contribution is -0.135. The number of hydrogen-bond donors (Lipinski definition) is 1. The number of hydrogen-bond acceptors (Lipinski definition) is 2. The number of piperidine rings is 1. The largest absolute Gasteiger partial charge is 0.355 e. The average molecular weight is 183 g/mol. The topological polar surface area (TPSA) is 46.2 Å². The molecule has 0 aromatic heterocycles. The fourth-order valence-corrected chi connectivity index (χ4v) is 1.77. The number of rotatable bonds is 2. The summed E-state index contributed by atoms with van der Waals surface area (Å²) in [5.41, 5.74) is -0.331. The second-order valence-corrected chi connectivity index (χ2v) is 4.36. The Kier molecular flexibility index (Phi) is 2.74. The van der Waals surface area contributed by atoms with Gasteiger partial charge in [-0.3, -0.25) is 9.59 Å². The number of carbonyl (C=O) groups is 2. The first kappa shape index (κ1) is 10.2. The van der Waals surface area contributed by atoms with E-state index >= 15 is 0 Å². The number of carbonyl (C=O) groups excluding carboxylic acids is 2. The zero-order chi connectivity index (χ0) is 10.1. The SMILES string of the molecule is CC(C)C(=O)C1(C)CCC(=O)NC1. The van der Waals surface area contributed by atoms with E-state index in [0.717, 1.165) is 0 Å². The molecular weight excluding hydrogens is 166 g/mol. The molecule has 0 aromatic rings. The first-order valence-corrected chi connectivity index (χ1v) is 4.77. The van der Waals surface area contributed by atoms with E-state index in [1.165, 1.54) is 0 Å². The smallest absolute Gasteiger partial charge is 0.220 e. The summed E-state index contributed by atoms with van der Waals surface area (Å²) in [6, 6.07) is 0. The molecule has 1 aliphatic rings. The van der Waals surface area contributed by atoms with Crippen molar-refractivity contribution in [1.29, 1.82) is 0 Å². The van der Waals surface area contributed by atoms with Crippen LogP contribution in [-0.4, -0.2) is 18.2 Å². The highest BCUT2D eigenvalue weighted by Crippen LogP contribution is 2.29. The van der Waals surface area contributed by atoms with Gasteiger partial charge in [-0.2, -0.15) is 0 Å². The van der Waals surface area contributed by atoms with E-state index in [9.17, 15) is 9.59 Å². The van der Waals surface area contributed by atoms with Crippen LogP contribution in [0.3, 0.4) is 0 Å². The summed E-state index contributed by atoms with van der Waals surface area (Å²) in [5.74, 6) is 0.376. The Labute approximate surface area is 78.9 Å². The van der Waals surface area contributed by atoms with Crippen molar-refractivity contribution in [2.75, 3.05) is 6.54 Å². The molecule has 0 aliphatic carbocycles. The number of Topliss-reactive ketones (excluding diaryl/α,β-unsaturated/α-hetero) is 1. The summed E-state index contributed by atoms with van der Waals surface area (Å²) >= 11 is 0. The molecular formula is C10H17NO2. The van der Waals surface area contributed by atoms with Gasteiger partial charge in [0.25, 0.3) is 0 Å². The van der Waals surface area contributed by atoms with Crippen molar-refractivity contribution in [3.8, 4) is 0 Å². The standard InChI is InChI=1S/C10H17NO2/c1-7(2)9(13)10(3)5-4-8(12)11-6-10/h7H,4-6H2,1-3H3,(H,11,12). The zero-order valence-corrected chi connectivity index (χ0v) is 8.52. The lowest BCUT2D eigenvalue weighted by Gasteiger charge is -2.33. The highest BCUT2D eigenvalue weighted by molar-refractivity contribution is 5.89. The minimum Gasteiger partial charge on any atom is -0.355 e. The molecule has 1 rings (SSSR count). The normalized spacial score (nSPS) is 28.8. The van der Waals surface area contributed by atoms with Gasteiger partial charge < -0.3 is 5.32 Å². The van der Waals surface area contributed by atoms with Gasteiger partial charge in [-0.15, -0.1) is 0 Å². The van der Waals surface area contributed by atoms with Gasteiger partial charge in [-0.1, -0.05) is 20.8 Å².